The van der Waals surface area contributed by atoms with Gasteiger partial charge in [-0.15, -0.1) is 0 Å². The third kappa shape index (κ3) is 6.80. The molecule has 1 nitrogen and oxygen atoms in total. The monoisotopic (exact) mass is 315 g/mol. The highest BCUT2D eigenvalue weighted by atomic mass is 19.4. The van der Waals surface area contributed by atoms with Crippen LogP contribution in [0.3, 0.4) is 0 Å². The van der Waals surface area contributed by atoms with Crippen LogP contribution >= 0.6 is 0 Å². The molecule has 0 aliphatic rings. The van der Waals surface area contributed by atoms with E-state index in [1.54, 1.807) is 6.07 Å². The number of hydrogen-bond donors (Lipinski definition) is 0. The smallest absolute Gasteiger partial charge is 0.251 e. The molecule has 0 bridgehead atoms. The molecule has 126 valence electrons. The molecule has 1 heterocycles. The quantitative estimate of drug-likeness (QED) is 0.436. The van der Waals surface area contributed by atoms with Crippen LogP contribution < -0.4 is 0 Å². The predicted octanol–water partition coefficient (Wildman–Crippen LogP) is 6.73. The van der Waals surface area contributed by atoms with Crippen molar-refractivity contribution in [2.75, 3.05) is 0 Å². The first-order chi connectivity index (χ1) is 10.5. The van der Waals surface area contributed by atoms with E-state index in [1.165, 1.54) is 31.9 Å². The zero-order valence-corrected chi connectivity index (χ0v) is 13.8. The van der Waals surface area contributed by atoms with Crippen molar-refractivity contribution in [3.05, 3.63) is 29.6 Å². The Morgan fingerprint density at radius 1 is 0.909 bits per heavy atom. The Kier molecular flexibility index (Phi) is 8.51. The molecule has 0 saturated heterocycles. The fourth-order valence-corrected chi connectivity index (χ4v) is 2.74. The Balaban J connectivity index is 2.62. The van der Waals surface area contributed by atoms with Crippen molar-refractivity contribution in [1.29, 1.82) is 0 Å². The number of halogens is 3. The van der Waals surface area contributed by atoms with Gasteiger partial charge in [0, 0.05) is 6.20 Å². The van der Waals surface area contributed by atoms with E-state index in [4.69, 9.17) is 0 Å². The van der Waals surface area contributed by atoms with Crippen LogP contribution in [0.25, 0.3) is 0 Å². The third-order valence-corrected chi connectivity index (χ3v) is 4.11. The molecule has 1 rings (SSSR count). The normalized spacial score (nSPS) is 13.3. The molecule has 1 aromatic rings. The third-order valence-electron chi connectivity index (χ3n) is 4.11. The summed E-state index contributed by atoms with van der Waals surface area (Å²) in [6.07, 6.45) is 7.49. The van der Waals surface area contributed by atoms with E-state index in [-0.39, 0.29) is 0 Å². The molecule has 0 amide bonds. The summed E-state index contributed by atoms with van der Waals surface area (Å²) in [4.78, 5) is 3.61. The van der Waals surface area contributed by atoms with Crippen LogP contribution in [0.2, 0.25) is 0 Å². The van der Waals surface area contributed by atoms with Gasteiger partial charge < -0.3 is 0 Å². The topological polar surface area (TPSA) is 12.9 Å². The van der Waals surface area contributed by atoms with Gasteiger partial charge in [-0.1, -0.05) is 64.9 Å². The summed E-state index contributed by atoms with van der Waals surface area (Å²) < 4.78 is 37.7. The first-order valence-electron chi connectivity index (χ1n) is 8.52. The van der Waals surface area contributed by atoms with Crippen LogP contribution in [0, 0.1) is 0 Å². The van der Waals surface area contributed by atoms with Crippen LogP contribution in [0.4, 0.5) is 13.2 Å². The highest BCUT2D eigenvalue weighted by Crippen LogP contribution is 2.31. The largest absolute Gasteiger partial charge is 0.433 e. The van der Waals surface area contributed by atoms with Gasteiger partial charge in [0.15, 0.2) is 0 Å². The number of alkyl halides is 3. The lowest BCUT2D eigenvalue weighted by molar-refractivity contribution is -0.141. The lowest BCUT2D eigenvalue weighted by Crippen LogP contribution is -2.09. The summed E-state index contributed by atoms with van der Waals surface area (Å²) in [6, 6.07) is 2.73. The van der Waals surface area contributed by atoms with Crippen LogP contribution in [0.15, 0.2) is 18.3 Å². The van der Waals surface area contributed by atoms with Crippen molar-refractivity contribution in [3.63, 3.8) is 0 Å². The Morgan fingerprint density at radius 3 is 2.09 bits per heavy atom. The minimum Gasteiger partial charge on any atom is -0.251 e. The van der Waals surface area contributed by atoms with E-state index in [2.05, 4.69) is 18.8 Å². The zero-order valence-electron chi connectivity index (χ0n) is 13.8. The van der Waals surface area contributed by atoms with Gasteiger partial charge >= 0.3 is 6.18 Å². The van der Waals surface area contributed by atoms with E-state index in [0.717, 1.165) is 43.7 Å². The van der Waals surface area contributed by atoms with Gasteiger partial charge in [-0.3, -0.25) is 4.98 Å². The Morgan fingerprint density at radius 2 is 1.55 bits per heavy atom. The number of aromatic nitrogens is 1. The molecule has 0 radical (unpaired) electrons. The van der Waals surface area contributed by atoms with Gasteiger partial charge in [0.2, 0.25) is 0 Å². The molecule has 0 saturated carbocycles. The number of pyridine rings is 1. The average molecular weight is 315 g/mol. The fraction of sp³-hybridized carbons (Fsp3) is 0.722. The molecule has 1 aromatic heterocycles. The van der Waals surface area contributed by atoms with Crippen LogP contribution in [0.5, 0.6) is 0 Å². The Hall–Kier alpha value is -1.06. The van der Waals surface area contributed by atoms with Crippen molar-refractivity contribution in [2.45, 2.75) is 83.7 Å². The highest BCUT2D eigenvalue weighted by Gasteiger charge is 2.32. The van der Waals surface area contributed by atoms with E-state index in [9.17, 15) is 13.2 Å². The lowest BCUT2D eigenvalue weighted by Gasteiger charge is -2.17. The first-order valence-corrected chi connectivity index (χ1v) is 8.52. The molecule has 1 unspecified atom stereocenters. The minimum atomic E-state index is -4.35. The molecule has 1 atom stereocenters. The summed E-state index contributed by atoms with van der Waals surface area (Å²) >= 11 is 0. The van der Waals surface area contributed by atoms with Crippen molar-refractivity contribution >= 4 is 0 Å². The summed E-state index contributed by atoms with van der Waals surface area (Å²) in [5.41, 5.74) is 0.158. The molecular weight excluding hydrogens is 287 g/mol. The van der Waals surface area contributed by atoms with Gasteiger partial charge in [0.05, 0.1) is 0 Å². The molecule has 0 aromatic carbocycles. The lowest BCUT2D eigenvalue weighted by atomic mass is 9.89. The number of rotatable bonds is 10. The van der Waals surface area contributed by atoms with Crippen LogP contribution in [-0.2, 0) is 6.18 Å². The van der Waals surface area contributed by atoms with Crippen molar-refractivity contribution < 1.29 is 13.2 Å². The van der Waals surface area contributed by atoms with Crippen molar-refractivity contribution in [3.8, 4) is 0 Å². The second-order valence-corrected chi connectivity index (χ2v) is 6.02. The SMILES string of the molecule is CCCCCCCC(CCCC)c1ccc(C(F)(F)F)nc1. The average Bonchev–Trinajstić information content (AvgIpc) is 2.49. The summed E-state index contributed by atoms with van der Waals surface area (Å²) in [5, 5.41) is 0. The first kappa shape index (κ1) is 19.0. The molecule has 0 fully saturated rings. The standard InChI is InChI=1S/C18H28F3N/c1-3-5-7-8-9-11-15(10-6-4-2)16-12-13-17(22-14-16)18(19,20)21/h12-15H,3-11H2,1-2H3. The summed E-state index contributed by atoms with van der Waals surface area (Å²) in [7, 11) is 0. The summed E-state index contributed by atoms with van der Waals surface area (Å²) in [5.74, 6) is 0.344. The van der Waals surface area contributed by atoms with Gasteiger partial charge in [-0.2, -0.15) is 13.2 Å². The molecule has 0 N–H and O–H groups in total. The van der Waals surface area contributed by atoms with E-state index in [0.29, 0.717) is 5.92 Å². The molecule has 4 heteroatoms. The number of unbranched alkanes of at least 4 members (excludes halogenated alkanes) is 5. The Bertz CT molecular complexity index is 398. The maximum atomic E-state index is 12.6. The maximum absolute atomic E-state index is 12.6. The van der Waals surface area contributed by atoms with Gasteiger partial charge in [-0.05, 0) is 30.4 Å². The van der Waals surface area contributed by atoms with E-state index < -0.39 is 11.9 Å². The van der Waals surface area contributed by atoms with Crippen LogP contribution in [-0.4, -0.2) is 4.98 Å². The molecular formula is C18H28F3N. The highest BCUT2D eigenvalue weighted by molar-refractivity contribution is 5.19. The van der Waals surface area contributed by atoms with Crippen molar-refractivity contribution in [2.24, 2.45) is 0 Å². The van der Waals surface area contributed by atoms with Gasteiger partial charge in [-0.25, -0.2) is 0 Å². The van der Waals surface area contributed by atoms with Gasteiger partial charge in [0.1, 0.15) is 5.69 Å². The Labute approximate surface area is 132 Å². The minimum absolute atomic E-state index is 0.344. The van der Waals surface area contributed by atoms with Crippen LogP contribution in [0.1, 0.15) is 88.8 Å². The zero-order chi connectivity index (χ0) is 16.4. The van der Waals surface area contributed by atoms with Gasteiger partial charge in [0.25, 0.3) is 0 Å². The fourth-order valence-electron chi connectivity index (χ4n) is 2.74. The second kappa shape index (κ2) is 9.86. The number of hydrogen-bond acceptors (Lipinski definition) is 1. The van der Waals surface area contributed by atoms with Crippen molar-refractivity contribution in [1.82, 2.24) is 4.98 Å². The molecule has 0 spiro atoms. The molecule has 0 aliphatic heterocycles. The molecule has 0 aliphatic carbocycles. The predicted molar refractivity (Wildman–Crippen MR) is 84.9 cm³/mol. The maximum Gasteiger partial charge on any atom is 0.433 e. The number of nitrogens with zero attached hydrogens (tertiary/aromatic N) is 1. The van der Waals surface area contributed by atoms with E-state index in [1.807, 2.05) is 0 Å². The molecule has 22 heavy (non-hydrogen) atoms. The second-order valence-electron chi connectivity index (χ2n) is 6.02. The van der Waals surface area contributed by atoms with E-state index >= 15 is 0 Å². The summed E-state index contributed by atoms with van der Waals surface area (Å²) in [6.45, 7) is 4.33.